The van der Waals surface area contributed by atoms with Gasteiger partial charge in [-0.15, -0.1) is 11.8 Å². The van der Waals surface area contributed by atoms with Crippen LogP contribution in [0.1, 0.15) is 11.4 Å². The fraction of sp³-hybridized carbons (Fsp3) is 0.308. The number of thioether (sulfide) groups is 1. The highest BCUT2D eigenvalue weighted by atomic mass is 32.2. The molecule has 0 saturated carbocycles. The van der Waals surface area contributed by atoms with Crippen molar-refractivity contribution in [2.45, 2.75) is 25.3 Å². The van der Waals surface area contributed by atoms with Crippen LogP contribution >= 0.6 is 11.8 Å². The number of aromatic nitrogens is 2. The Morgan fingerprint density at radius 1 is 1.45 bits per heavy atom. The summed E-state index contributed by atoms with van der Waals surface area (Å²) in [7, 11) is 0. The number of nitro groups is 1. The average molecular weight is 292 g/mol. The van der Waals surface area contributed by atoms with E-state index in [1.807, 2.05) is 25.1 Å². The summed E-state index contributed by atoms with van der Waals surface area (Å²) in [6.45, 7) is 4.28. The third-order valence-corrected chi connectivity index (χ3v) is 4.02. The molecule has 0 fully saturated rings. The molecule has 0 aliphatic rings. The fourth-order valence-electron chi connectivity index (χ4n) is 1.87. The second-order valence-corrected chi connectivity index (χ2v) is 5.61. The predicted molar refractivity (Wildman–Crippen MR) is 79.9 cm³/mol. The number of hydrogen-bond donors (Lipinski definition) is 1. The second kappa shape index (κ2) is 5.96. The van der Waals surface area contributed by atoms with Gasteiger partial charge in [0, 0.05) is 23.3 Å². The molecule has 0 aliphatic carbocycles. The number of hydrogen-bond acceptors (Lipinski definition) is 5. The minimum Gasteiger partial charge on any atom is -0.399 e. The summed E-state index contributed by atoms with van der Waals surface area (Å²) < 4.78 is 1.62. The summed E-state index contributed by atoms with van der Waals surface area (Å²) in [5, 5.41) is 10.9. The smallest absolute Gasteiger partial charge is 0.342 e. The van der Waals surface area contributed by atoms with Crippen molar-refractivity contribution in [1.82, 2.24) is 9.55 Å². The van der Waals surface area contributed by atoms with Gasteiger partial charge in [-0.25, -0.2) is 9.55 Å². The zero-order valence-corrected chi connectivity index (χ0v) is 12.2. The molecule has 0 bridgehead atoms. The summed E-state index contributed by atoms with van der Waals surface area (Å²) in [4.78, 5) is 15.6. The third kappa shape index (κ3) is 3.11. The van der Waals surface area contributed by atoms with Crippen molar-refractivity contribution in [2.24, 2.45) is 0 Å². The van der Waals surface area contributed by atoms with Crippen LogP contribution < -0.4 is 5.73 Å². The Morgan fingerprint density at radius 3 is 2.85 bits per heavy atom. The highest BCUT2D eigenvalue weighted by Gasteiger charge is 2.16. The van der Waals surface area contributed by atoms with Gasteiger partial charge in [0.2, 0.25) is 0 Å². The number of nitrogen functional groups attached to an aromatic ring is 1. The van der Waals surface area contributed by atoms with Crippen molar-refractivity contribution >= 4 is 23.3 Å². The van der Waals surface area contributed by atoms with Crippen LogP contribution in [0.2, 0.25) is 0 Å². The van der Waals surface area contributed by atoms with Gasteiger partial charge < -0.3 is 15.8 Å². The molecule has 0 atom stereocenters. The molecule has 1 heterocycles. The lowest BCUT2D eigenvalue weighted by Gasteiger charge is -2.05. The first-order valence-electron chi connectivity index (χ1n) is 6.14. The summed E-state index contributed by atoms with van der Waals surface area (Å²) in [6.07, 6.45) is 1.30. The number of nitrogens with zero attached hydrogens (tertiary/aromatic N) is 3. The van der Waals surface area contributed by atoms with Gasteiger partial charge in [-0.1, -0.05) is 0 Å². The normalized spacial score (nSPS) is 10.7. The molecular formula is C13H16N4O2S. The predicted octanol–water partition coefficient (Wildman–Crippen LogP) is 2.78. The van der Waals surface area contributed by atoms with E-state index in [0.29, 0.717) is 12.4 Å². The molecule has 2 rings (SSSR count). The number of benzene rings is 1. The highest BCUT2D eigenvalue weighted by Crippen LogP contribution is 2.23. The van der Waals surface area contributed by atoms with Crippen LogP contribution in [0, 0.1) is 24.0 Å². The van der Waals surface area contributed by atoms with Crippen molar-refractivity contribution in [1.29, 1.82) is 0 Å². The van der Waals surface area contributed by atoms with E-state index in [1.165, 1.54) is 6.20 Å². The second-order valence-electron chi connectivity index (χ2n) is 4.44. The monoisotopic (exact) mass is 292 g/mol. The Bertz CT molecular complexity index is 639. The van der Waals surface area contributed by atoms with Crippen LogP contribution in [0.3, 0.4) is 0 Å². The Hall–Kier alpha value is -2.02. The molecule has 1 aromatic carbocycles. The van der Waals surface area contributed by atoms with E-state index in [9.17, 15) is 10.1 Å². The molecule has 20 heavy (non-hydrogen) atoms. The van der Waals surface area contributed by atoms with Crippen molar-refractivity contribution in [3.63, 3.8) is 0 Å². The number of rotatable bonds is 5. The lowest BCUT2D eigenvalue weighted by Crippen LogP contribution is -2.06. The van der Waals surface area contributed by atoms with Gasteiger partial charge in [0.1, 0.15) is 12.7 Å². The maximum absolute atomic E-state index is 10.9. The van der Waals surface area contributed by atoms with Crippen LogP contribution in [0.15, 0.2) is 29.3 Å². The summed E-state index contributed by atoms with van der Waals surface area (Å²) >= 11 is 1.64. The minimum atomic E-state index is -0.405. The summed E-state index contributed by atoms with van der Waals surface area (Å²) in [5.74, 6) is 1.43. The van der Waals surface area contributed by atoms with E-state index in [0.717, 1.165) is 21.9 Å². The van der Waals surface area contributed by atoms with Crippen LogP contribution in [-0.2, 0) is 6.54 Å². The number of anilines is 1. The largest absolute Gasteiger partial charge is 0.399 e. The first kappa shape index (κ1) is 14.4. The molecule has 0 saturated heterocycles. The zero-order valence-electron chi connectivity index (χ0n) is 11.4. The molecule has 0 spiro atoms. The Labute approximate surface area is 121 Å². The molecule has 0 aliphatic heterocycles. The van der Waals surface area contributed by atoms with E-state index in [2.05, 4.69) is 4.98 Å². The Kier molecular flexibility index (Phi) is 4.29. The van der Waals surface area contributed by atoms with Crippen molar-refractivity contribution in [3.8, 4) is 0 Å². The first-order chi connectivity index (χ1) is 9.49. The van der Waals surface area contributed by atoms with Crippen LogP contribution in [0.4, 0.5) is 11.5 Å². The zero-order chi connectivity index (χ0) is 14.7. The van der Waals surface area contributed by atoms with Gasteiger partial charge in [0.15, 0.2) is 5.82 Å². The SMILES string of the molecule is Cc1cc(SCCn2c([N+](=O)[O-])cnc2C)ccc1N. The highest BCUT2D eigenvalue weighted by molar-refractivity contribution is 7.99. The molecular weight excluding hydrogens is 276 g/mol. The number of aryl methyl sites for hydroxylation is 2. The lowest BCUT2D eigenvalue weighted by atomic mass is 10.2. The van der Waals surface area contributed by atoms with Crippen LogP contribution in [0.25, 0.3) is 0 Å². The molecule has 0 unspecified atom stereocenters. The molecule has 106 valence electrons. The van der Waals surface area contributed by atoms with Crippen molar-refractivity contribution < 1.29 is 4.92 Å². The molecule has 1 aromatic heterocycles. The quantitative estimate of drug-likeness (QED) is 0.396. The molecule has 7 heteroatoms. The van der Waals surface area contributed by atoms with Gasteiger partial charge in [-0.05, 0) is 35.6 Å². The van der Waals surface area contributed by atoms with E-state index in [1.54, 1.807) is 23.3 Å². The van der Waals surface area contributed by atoms with Gasteiger partial charge in [0.25, 0.3) is 0 Å². The number of nitrogens with two attached hydrogens (primary N) is 1. The Balaban J connectivity index is 2.01. The topological polar surface area (TPSA) is 87.0 Å². The first-order valence-corrected chi connectivity index (χ1v) is 7.13. The van der Waals surface area contributed by atoms with Gasteiger partial charge in [-0.3, -0.25) is 0 Å². The minimum absolute atomic E-state index is 0.0385. The van der Waals surface area contributed by atoms with Gasteiger partial charge >= 0.3 is 5.82 Å². The third-order valence-electron chi connectivity index (χ3n) is 3.05. The lowest BCUT2D eigenvalue weighted by molar-refractivity contribution is -0.392. The summed E-state index contributed by atoms with van der Waals surface area (Å²) in [5.41, 5.74) is 7.59. The van der Waals surface area contributed by atoms with Crippen molar-refractivity contribution in [2.75, 3.05) is 11.5 Å². The van der Waals surface area contributed by atoms with Crippen molar-refractivity contribution in [3.05, 3.63) is 45.9 Å². The van der Waals surface area contributed by atoms with Crippen LogP contribution in [0.5, 0.6) is 0 Å². The fourth-order valence-corrected chi connectivity index (χ4v) is 2.81. The van der Waals surface area contributed by atoms with E-state index in [4.69, 9.17) is 5.73 Å². The molecule has 2 aromatic rings. The van der Waals surface area contributed by atoms with Gasteiger partial charge in [-0.2, -0.15) is 0 Å². The number of imidazole rings is 1. The maximum Gasteiger partial charge on any atom is 0.342 e. The average Bonchev–Trinajstić information content (AvgIpc) is 2.76. The van der Waals surface area contributed by atoms with E-state index >= 15 is 0 Å². The molecule has 0 amide bonds. The van der Waals surface area contributed by atoms with Gasteiger partial charge in [0.05, 0.1) is 0 Å². The Morgan fingerprint density at radius 2 is 2.20 bits per heavy atom. The van der Waals surface area contributed by atoms with E-state index < -0.39 is 4.92 Å². The molecule has 6 nitrogen and oxygen atoms in total. The molecule has 0 radical (unpaired) electrons. The van der Waals surface area contributed by atoms with E-state index in [-0.39, 0.29) is 5.82 Å². The maximum atomic E-state index is 10.9. The van der Waals surface area contributed by atoms with Crippen LogP contribution in [-0.4, -0.2) is 20.2 Å². The summed E-state index contributed by atoms with van der Waals surface area (Å²) in [6, 6.07) is 5.86. The standard InChI is InChI=1S/C13H16N4O2S/c1-9-7-11(3-4-12(9)14)20-6-5-16-10(2)15-8-13(16)17(18)19/h3-4,7-8H,5-6,14H2,1-2H3. The molecule has 2 N–H and O–H groups in total.